The van der Waals surface area contributed by atoms with Gasteiger partial charge >= 0.3 is 12.0 Å². The first-order valence-electron chi connectivity index (χ1n) is 7.78. The summed E-state index contributed by atoms with van der Waals surface area (Å²) in [7, 11) is 0. The van der Waals surface area contributed by atoms with Gasteiger partial charge in [0.05, 0.1) is 0 Å². The Morgan fingerprint density at radius 2 is 1.75 bits per heavy atom. The minimum Gasteiger partial charge on any atom is -0.480 e. The van der Waals surface area contributed by atoms with E-state index in [2.05, 4.69) is 0 Å². The molecule has 0 bridgehead atoms. The van der Waals surface area contributed by atoms with Gasteiger partial charge in [-0.1, -0.05) is 12.8 Å². The molecule has 2 aliphatic carbocycles. The lowest BCUT2D eigenvalue weighted by atomic mass is 10.2. The molecular weight excluding hydrogens is 256 g/mol. The van der Waals surface area contributed by atoms with Crippen LogP contribution in [0, 0.1) is 5.92 Å². The molecule has 2 rings (SSSR count). The van der Waals surface area contributed by atoms with E-state index in [1.165, 1.54) is 12.8 Å². The SMILES string of the molecule is CC(C)N(CC1CC1)C(=O)N(CC(=O)O)C1CCCC1. The highest BCUT2D eigenvalue weighted by Gasteiger charge is 2.35. The van der Waals surface area contributed by atoms with Crippen LogP contribution in [0.15, 0.2) is 0 Å². The zero-order chi connectivity index (χ0) is 14.7. The monoisotopic (exact) mass is 282 g/mol. The second-order valence-electron chi connectivity index (χ2n) is 6.43. The smallest absolute Gasteiger partial charge is 0.323 e. The summed E-state index contributed by atoms with van der Waals surface area (Å²) >= 11 is 0. The maximum Gasteiger partial charge on any atom is 0.323 e. The number of urea groups is 1. The molecule has 0 saturated heterocycles. The Bertz CT molecular complexity index is 360. The van der Waals surface area contributed by atoms with Crippen LogP contribution in [0.2, 0.25) is 0 Å². The average Bonchev–Trinajstić information content (AvgIpc) is 3.03. The molecule has 0 atom stereocenters. The fourth-order valence-electron chi connectivity index (χ4n) is 2.97. The van der Waals surface area contributed by atoms with E-state index in [1.54, 1.807) is 4.90 Å². The highest BCUT2D eigenvalue weighted by molar-refractivity contribution is 5.80. The molecule has 114 valence electrons. The fourth-order valence-corrected chi connectivity index (χ4v) is 2.97. The lowest BCUT2D eigenvalue weighted by Crippen LogP contribution is -2.52. The Labute approximate surface area is 120 Å². The number of carboxylic acids is 1. The van der Waals surface area contributed by atoms with Crippen molar-refractivity contribution in [2.75, 3.05) is 13.1 Å². The maximum atomic E-state index is 12.8. The van der Waals surface area contributed by atoms with E-state index < -0.39 is 5.97 Å². The number of nitrogens with zero attached hydrogens (tertiary/aromatic N) is 2. The molecule has 0 aromatic heterocycles. The third-order valence-electron chi connectivity index (χ3n) is 4.34. The van der Waals surface area contributed by atoms with Crippen LogP contribution in [0.1, 0.15) is 52.4 Å². The Morgan fingerprint density at radius 1 is 1.15 bits per heavy atom. The summed E-state index contributed by atoms with van der Waals surface area (Å²) in [5, 5.41) is 9.10. The van der Waals surface area contributed by atoms with Gasteiger partial charge in [-0.05, 0) is 45.4 Å². The lowest BCUT2D eigenvalue weighted by molar-refractivity contribution is -0.138. The molecule has 0 heterocycles. The van der Waals surface area contributed by atoms with Crippen molar-refractivity contribution in [3.8, 4) is 0 Å². The highest BCUT2D eigenvalue weighted by Crippen LogP contribution is 2.31. The van der Waals surface area contributed by atoms with Crippen molar-refractivity contribution in [2.24, 2.45) is 5.92 Å². The van der Waals surface area contributed by atoms with Crippen molar-refractivity contribution in [1.82, 2.24) is 9.80 Å². The number of carboxylic acid groups (broad SMARTS) is 1. The zero-order valence-electron chi connectivity index (χ0n) is 12.5. The Kier molecular flexibility index (Phi) is 4.89. The fraction of sp³-hybridized carbons (Fsp3) is 0.867. The van der Waals surface area contributed by atoms with E-state index in [9.17, 15) is 9.59 Å². The van der Waals surface area contributed by atoms with Gasteiger partial charge < -0.3 is 14.9 Å². The number of aliphatic carboxylic acids is 1. The molecule has 0 aromatic carbocycles. The van der Waals surface area contributed by atoms with E-state index in [1.807, 2.05) is 18.7 Å². The summed E-state index contributed by atoms with van der Waals surface area (Å²) in [6.45, 7) is 4.62. The number of hydrogen-bond acceptors (Lipinski definition) is 2. The normalized spacial score (nSPS) is 19.4. The predicted molar refractivity (Wildman–Crippen MR) is 76.6 cm³/mol. The molecule has 0 aromatic rings. The van der Waals surface area contributed by atoms with E-state index in [-0.39, 0.29) is 24.7 Å². The third kappa shape index (κ3) is 3.87. The Balaban J connectivity index is 2.07. The van der Waals surface area contributed by atoms with Crippen LogP contribution in [0.5, 0.6) is 0 Å². The van der Waals surface area contributed by atoms with Crippen LogP contribution in [-0.4, -0.2) is 52.1 Å². The largest absolute Gasteiger partial charge is 0.480 e. The van der Waals surface area contributed by atoms with Crippen molar-refractivity contribution >= 4 is 12.0 Å². The molecule has 5 heteroatoms. The topological polar surface area (TPSA) is 60.9 Å². The van der Waals surface area contributed by atoms with Crippen molar-refractivity contribution in [3.63, 3.8) is 0 Å². The molecule has 0 spiro atoms. The molecule has 0 aliphatic heterocycles. The molecular formula is C15H26N2O3. The second kappa shape index (κ2) is 6.46. The molecule has 0 unspecified atom stereocenters. The summed E-state index contributed by atoms with van der Waals surface area (Å²) in [4.78, 5) is 27.3. The van der Waals surface area contributed by atoms with Crippen molar-refractivity contribution in [2.45, 2.75) is 64.5 Å². The summed E-state index contributed by atoms with van der Waals surface area (Å²) < 4.78 is 0. The molecule has 20 heavy (non-hydrogen) atoms. The summed E-state index contributed by atoms with van der Waals surface area (Å²) in [6.07, 6.45) is 6.46. The Morgan fingerprint density at radius 3 is 2.20 bits per heavy atom. The summed E-state index contributed by atoms with van der Waals surface area (Å²) in [6, 6.07) is 0.154. The van der Waals surface area contributed by atoms with Crippen molar-refractivity contribution in [3.05, 3.63) is 0 Å². The van der Waals surface area contributed by atoms with Gasteiger partial charge in [-0.3, -0.25) is 4.79 Å². The van der Waals surface area contributed by atoms with Gasteiger partial charge in [0.2, 0.25) is 0 Å². The molecule has 0 radical (unpaired) electrons. The second-order valence-corrected chi connectivity index (χ2v) is 6.43. The Hall–Kier alpha value is -1.26. The minimum absolute atomic E-state index is 0.0822. The van der Waals surface area contributed by atoms with Gasteiger partial charge in [-0.15, -0.1) is 0 Å². The van der Waals surface area contributed by atoms with Gasteiger partial charge in [0.1, 0.15) is 6.54 Å². The van der Waals surface area contributed by atoms with Crippen LogP contribution in [-0.2, 0) is 4.79 Å². The van der Waals surface area contributed by atoms with Gasteiger partial charge in [0, 0.05) is 18.6 Å². The van der Waals surface area contributed by atoms with E-state index in [0.717, 1.165) is 32.2 Å². The van der Waals surface area contributed by atoms with E-state index >= 15 is 0 Å². The van der Waals surface area contributed by atoms with Gasteiger partial charge in [-0.25, -0.2) is 4.79 Å². The standard InChI is InChI=1S/C15H26N2O3/c1-11(2)16(9-12-7-8-12)15(20)17(10-14(18)19)13-5-3-4-6-13/h11-13H,3-10H2,1-2H3,(H,18,19). The highest BCUT2D eigenvalue weighted by atomic mass is 16.4. The molecule has 5 nitrogen and oxygen atoms in total. The van der Waals surface area contributed by atoms with Crippen LogP contribution < -0.4 is 0 Å². The third-order valence-corrected chi connectivity index (χ3v) is 4.34. The molecule has 2 saturated carbocycles. The predicted octanol–water partition coefficient (Wildman–Crippen LogP) is 2.56. The number of carbonyl (C=O) groups excluding carboxylic acids is 1. The number of rotatable bonds is 6. The maximum absolute atomic E-state index is 12.8. The quantitative estimate of drug-likeness (QED) is 0.814. The lowest BCUT2D eigenvalue weighted by Gasteiger charge is -2.35. The van der Waals surface area contributed by atoms with Crippen LogP contribution >= 0.6 is 0 Å². The average molecular weight is 282 g/mol. The number of hydrogen-bond donors (Lipinski definition) is 1. The first kappa shape index (κ1) is 15.1. The van der Waals surface area contributed by atoms with E-state index in [0.29, 0.717) is 5.92 Å². The van der Waals surface area contributed by atoms with Gasteiger partial charge in [-0.2, -0.15) is 0 Å². The van der Waals surface area contributed by atoms with Crippen molar-refractivity contribution in [1.29, 1.82) is 0 Å². The summed E-state index contributed by atoms with van der Waals surface area (Å²) in [5.41, 5.74) is 0. The molecule has 1 N–H and O–H groups in total. The van der Waals surface area contributed by atoms with E-state index in [4.69, 9.17) is 5.11 Å². The van der Waals surface area contributed by atoms with Gasteiger partial charge in [0.15, 0.2) is 0 Å². The zero-order valence-corrected chi connectivity index (χ0v) is 12.5. The number of amides is 2. The number of carbonyl (C=O) groups is 2. The first-order valence-corrected chi connectivity index (χ1v) is 7.78. The van der Waals surface area contributed by atoms with Crippen LogP contribution in [0.3, 0.4) is 0 Å². The van der Waals surface area contributed by atoms with Crippen LogP contribution in [0.4, 0.5) is 4.79 Å². The van der Waals surface area contributed by atoms with Gasteiger partial charge in [0.25, 0.3) is 0 Å². The molecule has 2 aliphatic rings. The molecule has 2 fully saturated rings. The minimum atomic E-state index is -0.916. The summed E-state index contributed by atoms with van der Waals surface area (Å²) in [5.74, 6) is -0.294. The van der Waals surface area contributed by atoms with Crippen molar-refractivity contribution < 1.29 is 14.7 Å². The molecule has 2 amide bonds. The first-order chi connectivity index (χ1) is 9.49. The van der Waals surface area contributed by atoms with Crippen LogP contribution in [0.25, 0.3) is 0 Å².